The average molecular weight is 423 g/mol. The van der Waals surface area contributed by atoms with Gasteiger partial charge in [-0.3, -0.25) is 4.90 Å². The third kappa shape index (κ3) is 5.39. The Balaban J connectivity index is 1.40. The fourth-order valence-electron chi connectivity index (χ4n) is 4.13. The molecule has 2 heterocycles. The topological polar surface area (TPSA) is 63.9 Å². The molecule has 1 N–H and O–H groups in total. The van der Waals surface area contributed by atoms with Gasteiger partial charge in [0, 0.05) is 37.1 Å². The van der Waals surface area contributed by atoms with E-state index in [0.717, 1.165) is 55.0 Å². The van der Waals surface area contributed by atoms with Gasteiger partial charge >= 0.3 is 5.63 Å². The summed E-state index contributed by atoms with van der Waals surface area (Å²) in [5.74, 6) is 1.70. The molecule has 1 fully saturated rings. The van der Waals surface area contributed by atoms with Crippen molar-refractivity contribution in [1.82, 2.24) is 4.90 Å². The Labute approximate surface area is 182 Å². The number of hydrogen-bond donors (Lipinski definition) is 1. The zero-order valence-corrected chi connectivity index (χ0v) is 18.2. The highest BCUT2D eigenvalue weighted by molar-refractivity contribution is 5.90. The largest absolute Gasteiger partial charge is 0.494 e. The van der Waals surface area contributed by atoms with Crippen molar-refractivity contribution < 1.29 is 13.9 Å². The summed E-state index contributed by atoms with van der Waals surface area (Å²) in [6, 6.07) is 15.7. The van der Waals surface area contributed by atoms with E-state index in [9.17, 15) is 4.79 Å². The SMILES string of the molecule is CCOc1cccc(CN2CCC(Nc3cc(=O)oc4ccc(OCC)cc34)CC2)c1. The number of hydrogen-bond acceptors (Lipinski definition) is 6. The Kier molecular flexibility index (Phi) is 6.77. The highest BCUT2D eigenvalue weighted by Crippen LogP contribution is 2.28. The van der Waals surface area contributed by atoms with E-state index in [-0.39, 0.29) is 5.63 Å². The summed E-state index contributed by atoms with van der Waals surface area (Å²) in [4.78, 5) is 14.5. The predicted octanol–water partition coefficient (Wildman–Crippen LogP) is 4.67. The number of ether oxygens (including phenoxy) is 2. The number of fused-ring (bicyclic) bond motifs is 1. The molecule has 0 atom stereocenters. The van der Waals surface area contributed by atoms with Crippen molar-refractivity contribution in [2.45, 2.75) is 39.3 Å². The molecule has 1 aromatic heterocycles. The van der Waals surface area contributed by atoms with Crippen molar-refractivity contribution >= 4 is 16.7 Å². The lowest BCUT2D eigenvalue weighted by Gasteiger charge is -2.33. The molecule has 6 nitrogen and oxygen atoms in total. The molecule has 0 amide bonds. The molecule has 1 aliphatic heterocycles. The van der Waals surface area contributed by atoms with Crippen LogP contribution in [0.15, 0.2) is 57.7 Å². The van der Waals surface area contributed by atoms with Crippen molar-refractivity contribution in [1.29, 1.82) is 0 Å². The summed E-state index contributed by atoms with van der Waals surface area (Å²) < 4.78 is 16.6. The van der Waals surface area contributed by atoms with Crippen LogP contribution in [-0.4, -0.2) is 37.2 Å². The molecule has 6 heteroatoms. The van der Waals surface area contributed by atoms with Gasteiger partial charge in [-0.05, 0) is 62.6 Å². The van der Waals surface area contributed by atoms with Crippen LogP contribution in [-0.2, 0) is 6.54 Å². The maximum atomic E-state index is 12.0. The molecule has 0 aliphatic carbocycles. The second kappa shape index (κ2) is 9.88. The molecule has 0 radical (unpaired) electrons. The van der Waals surface area contributed by atoms with E-state index in [0.29, 0.717) is 24.8 Å². The zero-order valence-electron chi connectivity index (χ0n) is 18.2. The standard InChI is InChI=1S/C25H30N2O4/c1-3-29-20-7-5-6-18(14-20)17-27-12-10-19(11-13-27)26-23-16-25(28)31-24-9-8-21(30-4-2)15-22(23)24/h5-9,14-16,19,26H,3-4,10-13,17H2,1-2H3. The number of piperidine rings is 1. The molecule has 0 saturated carbocycles. The highest BCUT2D eigenvalue weighted by atomic mass is 16.5. The van der Waals surface area contributed by atoms with Gasteiger partial charge in [0.05, 0.1) is 18.9 Å². The number of benzene rings is 2. The second-order valence-electron chi connectivity index (χ2n) is 7.85. The van der Waals surface area contributed by atoms with Gasteiger partial charge in [0.25, 0.3) is 0 Å². The van der Waals surface area contributed by atoms with Crippen LogP contribution in [0, 0.1) is 0 Å². The summed E-state index contributed by atoms with van der Waals surface area (Å²) >= 11 is 0. The van der Waals surface area contributed by atoms with Gasteiger partial charge in [0.2, 0.25) is 0 Å². The van der Waals surface area contributed by atoms with Crippen LogP contribution >= 0.6 is 0 Å². The van der Waals surface area contributed by atoms with E-state index >= 15 is 0 Å². The summed E-state index contributed by atoms with van der Waals surface area (Å²) in [5, 5.41) is 4.46. The second-order valence-corrected chi connectivity index (χ2v) is 7.85. The summed E-state index contributed by atoms with van der Waals surface area (Å²) in [6.07, 6.45) is 2.02. The van der Waals surface area contributed by atoms with Gasteiger partial charge in [-0.15, -0.1) is 0 Å². The van der Waals surface area contributed by atoms with Gasteiger partial charge < -0.3 is 19.2 Å². The van der Waals surface area contributed by atoms with Crippen molar-refractivity contribution in [3.05, 3.63) is 64.5 Å². The molecule has 0 unspecified atom stereocenters. The van der Waals surface area contributed by atoms with E-state index in [2.05, 4.69) is 28.4 Å². The van der Waals surface area contributed by atoms with Crippen LogP contribution in [0.2, 0.25) is 0 Å². The smallest absolute Gasteiger partial charge is 0.338 e. The molecule has 1 saturated heterocycles. The fraction of sp³-hybridized carbons (Fsp3) is 0.400. The van der Waals surface area contributed by atoms with Crippen LogP contribution in [0.1, 0.15) is 32.3 Å². The van der Waals surface area contributed by atoms with Crippen LogP contribution in [0.3, 0.4) is 0 Å². The molecule has 164 valence electrons. The summed E-state index contributed by atoms with van der Waals surface area (Å²) in [6.45, 7) is 8.15. The first-order valence-electron chi connectivity index (χ1n) is 11.1. The lowest BCUT2D eigenvalue weighted by molar-refractivity contribution is 0.211. The quantitative estimate of drug-likeness (QED) is 0.533. The van der Waals surface area contributed by atoms with Gasteiger partial charge in [0.1, 0.15) is 17.1 Å². The zero-order chi connectivity index (χ0) is 21.6. The minimum atomic E-state index is -0.342. The summed E-state index contributed by atoms with van der Waals surface area (Å²) in [7, 11) is 0. The molecular weight excluding hydrogens is 392 g/mol. The van der Waals surface area contributed by atoms with Gasteiger partial charge in [0.15, 0.2) is 0 Å². The molecule has 4 rings (SSSR count). The minimum Gasteiger partial charge on any atom is -0.494 e. The van der Waals surface area contributed by atoms with Crippen molar-refractivity contribution in [3.8, 4) is 11.5 Å². The molecule has 2 aromatic carbocycles. The Morgan fingerprint density at radius 2 is 1.74 bits per heavy atom. The Hall–Kier alpha value is -2.99. The maximum absolute atomic E-state index is 12.0. The number of nitrogens with zero attached hydrogens (tertiary/aromatic N) is 1. The van der Waals surface area contributed by atoms with Crippen LogP contribution in [0.4, 0.5) is 5.69 Å². The third-order valence-corrected chi connectivity index (χ3v) is 5.59. The first kappa shape index (κ1) is 21.2. The predicted molar refractivity (Wildman–Crippen MR) is 123 cm³/mol. The maximum Gasteiger partial charge on any atom is 0.338 e. The Morgan fingerprint density at radius 1 is 1.00 bits per heavy atom. The fourth-order valence-corrected chi connectivity index (χ4v) is 4.13. The Morgan fingerprint density at radius 3 is 2.48 bits per heavy atom. The van der Waals surface area contributed by atoms with E-state index in [1.165, 1.54) is 5.56 Å². The van der Waals surface area contributed by atoms with E-state index in [1.54, 1.807) is 12.1 Å². The summed E-state index contributed by atoms with van der Waals surface area (Å²) in [5.41, 5.74) is 2.32. The molecule has 0 spiro atoms. The Bertz CT molecular complexity index is 1070. The van der Waals surface area contributed by atoms with Crippen molar-refractivity contribution in [3.63, 3.8) is 0 Å². The number of likely N-dealkylation sites (tertiary alicyclic amines) is 1. The van der Waals surface area contributed by atoms with Gasteiger partial charge in [-0.2, -0.15) is 0 Å². The minimum absolute atomic E-state index is 0.312. The lowest BCUT2D eigenvalue weighted by atomic mass is 10.0. The van der Waals surface area contributed by atoms with E-state index in [1.807, 2.05) is 32.0 Å². The lowest BCUT2D eigenvalue weighted by Crippen LogP contribution is -2.38. The third-order valence-electron chi connectivity index (χ3n) is 5.59. The van der Waals surface area contributed by atoms with Crippen molar-refractivity contribution in [2.24, 2.45) is 0 Å². The molecule has 1 aliphatic rings. The molecule has 0 bridgehead atoms. The van der Waals surface area contributed by atoms with Crippen molar-refractivity contribution in [2.75, 3.05) is 31.6 Å². The van der Waals surface area contributed by atoms with E-state index in [4.69, 9.17) is 13.9 Å². The highest BCUT2D eigenvalue weighted by Gasteiger charge is 2.20. The monoisotopic (exact) mass is 422 g/mol. The molecule has 3 aromatic rings. The first-order valence-corrected chi connectivity index (χ1v) is 11.1. The average Bonchev–Trinajstić information content (AvgIpc) is 2.76. The number of anilines is 1. The van der Waals surface area contributed by atoms with E-state index < -0.39 is 0 Å². The number of nitrogens with one attached hydrogen (secondary N) is 1. The first-order chi connectivity index (χ1) is 15.1. The van der Waals surface area contributed by atoms with Gasteiger partial charge in [-0.1, -0.05) is 12.1 Å². The van der Waals surface area contributed by atoms with Gasteiger partial charge in [-0.25, -0.2) is 4.79 Å². The normalized spacial score (nSPS) is 15.2. The van der Waals surface area contributed by atoms with Crippen LogP contribution in [0.25, 0.3) is 11.0 Å². The molecule has 31 heavy (non-hydrogen) atoms. The number of rotatable bonds is 8. The van der Waals surface area contributed by atoms with Crippen LogP contribution in [0.5, 0.6) is 11.5 Å². The molecular formula is C25H30N2O4. The van der Waals surface area contributed by atoms with Crippen LogP contribution < -0.4 is 20.4 Å².